The molecule has 0 aromatic heterocycles. The molecular formula is C14H20N4OS. The molecule has 0 bridgehead atoms. The van der Waals surface area contributed by atoms with Crippen LogP contribution in [-0.2, 0) is 0 Å². The van der Waals surface area contributed by atoms with E-state index in [0.717, 1.165) is 32.7 Å². The summed E-state index contributed by atoms with van der Waals surface area (Å²) >= 11 is 5.32. The van der Waals surface area contributed by atoms with Gasteiger partial charge in [0.1, 0.15) is 5.75 Å². The Morgan fingerprint density at radius 2 is 2.05 bits per heavy atom. The number of rotatable bonds is 3. The first-order valence-corrected chi connectivity index (χ1v) is 7.20. The average molecular weight is 292 g/mol. The summed E-state index contributed by atoms with van der Waals surface area (Å²) < 4.78 is 0. The van der Waals surface area contributed by atoms with Crippen LogP contribution in [0.15, 0.2) is 29.4 Å². The van der Waals surface area contributed by atoms with Gasteiger partial charge in [-0.2, -0.15) is 5.10 Å². The van der Waals surface area contributed by atoms with Gasteiger partial charge in [-0.3, -0.25) is 5.43 Å². The fourth-order valence-corrected chi connectivity index (χ4v) is 2.33. The van der Waals surface area contributed by atoms with E-state index in [-0.39, 0.29) is 5.75 Å². The molecule has 2 rings (SSSR count). The minimum atomic E-state index is 0.209. The maximum Gasteiger partial charge on any atom is 0.189 e. The van der Waals surface area contributed by atoms with Gasteiger partial charge in [-0.05, 0) is 30.9 Å². The van der Waals surface area contributed by atoms with Gasteiger partial charge in [0.25, 0.3) is 0 Å². The van der Waals surface area contributed by atoms with Gasteiger partial charge in [0.05, 0.1) is 6.21 Å². The number of nitrogens with zero attached hydrogens (tertiary/aromatic N) is 3. The van der Waals surface area contributed by atoms with E-state index in [1.165, 1.54) is 0 Å². The molecule has 1 aromatic rings. The molecule has 2 N–H and O–H groups in total. The van der Waals surface area contributed by atoms with Crippen LogP contribution >= 0.6 is 12.2 Å². The predicted molar refractivity (Wildman–Crippen MR) is 85.1 cm³/mol. The summed E-state index contributed by atoms with van der Waals surface area (Å²) in [5.74, 6) is 0.209. The van der Waals surface area contributed by atoms with Gasteiger partial charge in [0.2, 0.25) is 0 Å². The van der Waals surface area contributed by atoms with Crippen LogP contribution in [0, 0.1) is 0 Å². The molecule has 20 heavy (non-hydrogen) atoms. The summed E-state index contributed by atoms with van der Waals surface area (Å²) in [6.45, 7) is 7.16. The van der Waals surface area contributed by atoms with Crippen molar-refractivity contribution in [3.8, 4) is 5.75 Å². The van der Waals surface area contributed by atoms with Crippen molar-refractivity contribution < 1.29 is 5.11 Å². The van der Waals surface area contributed by atoms with Crippen LogP contribution < -0.4 is 5.43 Å². The lowest BCUT2D eigenvalue weighted by molar-refractivity contribution is 0.189. The van der Waals surface area contributed by atoms with Crippen LogP contribution in [0.5, 0.6) is 5.75 Å². The van der Waals surface area contributed by atoms with Gasteiger partial charge in [0.15, 0.2) is 5.11 Å². The maximum absolute atomic E-state index is 9.61. The Kier molecular flexibility index (Phi) is 5.31. The molecule has 0 atom stereocenters. The second kappa shape index (κ2) is 7.21. The summed E-state index contributed by atoms with van der Waals surface area (Å²) in [6, 6.07) is 7.05. The van der Waals surface area contributed by atoms with Crippen molar-refractivity contribution >= 4 is 23.5 Å². The Morgan fingerprint density at radius 3 is 2.70 bits per heavy atom. The van der Waals surface area contributed by atoms with Gasteiger partial charge >= 0.3 is 0 Å². The lowest BCUT2D eigenvalue weighted by Gasteiger charge is -2.34. The van der Waals surface area contributed by atoms with Gasteiger partial charge in [0, 0.05) is 31.7 Å². The maximum atomic E-state index is 9.61. The third-order valence-electron chi connectivity index (χ3n) is 3.41. The van der Waals surface area contributed by atoms with E-state index in [4.69, 9.17) is 12.2 Å². The van der Waals surface area contributed by atoms with Gasteiger partial charge in [-0.25, -0.2) is 0 Å². The molecule has 5 nitrogen and oxygen atoms in total. The molecule has 1 heterocycles. The summed E-state index contributed by atoms with van der Waals surface area (Å²) in [5.41, 5.74) is 3.52. The minimum absolute atomic E-state index is 0.209. The lowest BCUT2D eigenvalue weighted by Crippen LogP contribution is -2.50. The number of aromatic hydroxyl groups is 1. The van der Waals surface area contributed by atoms with Crippen LogP contribution in [0.4, 0.5) is 0 Å². The number of likely N-dealkylation sites (N-methyl/N-ethyl adjacent to an activating group) is 1. The minimum Gasteiger partial charge on any atom is -0.507 e. The first-order valence-electron chi connectivity index (χ1n) is 6.79. The fourth-order valence-electron chi connectivity index (χ4n) is 2.09. The fraction of sp³-hybridized carbons (Fsp3) is 0.429. The standard InChI is InChI=1S/C14H20N4OS/c1-2-17-7-9-18(10-8-17)14(20)16-15-11-12-5-3-4-6-13(12)19/h3-6,11,19H,2,7-10H2,1H3,(H,16,20)/b15-11+. The smallest absolute Gasteiger partial charge is 0.189 e. The third-order valence-corrected chi connectivity index (χ3v) is 3.76. The van der Waals surface area contributed by atoms with E-state index < -0.39 is 0 Å². The average Bonchev–Trinajstić information content (AvgIpc) is 2.49. The second-order valence-electron chi connectivity index (χ2n) is 4.66. The van der Waals surface area contributed by atoms with Crippen molar-refractivity contribution in [2.24, 2.45) is 5.10 Å². The molecule has 0 amide bonds. The summed E-state index contributed by atoms with van der Waals surface area (Å²) in [7, 11) is 0. The van der Waals surface area contributed by atoms with Crippen molar-refractivity contribution in [3.63, 3.8) is 0 Å². The zero-order valence-corrected chi connectivity index (χ0v) is 12.4. The Morgan fingerprint density at radius 1 is 1.35 bits per heavy atom. The summed E-state index contributed by atoms with van der Waals surface area (Å²) in [6.07, 6.45) is 1.57. The van der Waals surface area contributed by atoms with Crippen LogP contribution in [0.25, 0.3) is 0 Å². The van der Waals surface area contributed by atoms with Crippen LogP contribution in [0.2, 0.25) is 0 Å². The zero-order valence-electron chi connectivity index (χ0n) is 11.6. The second-order valence-corrected chi connectivity index (χ2v) is 5.04. The number of benzene rings is 1. The van der Waals surface area contributed by atoms with E-state index in [2.05, 4.69) is 27.3 Å². The molecular weight excluding hydrogens is 272 g/mol. The molecule has 1 aromatic carbocycles. The molecule has 0 unspecified atom stereocenters. The van der Waals surface area contributed by atoms with Crippen molar-refractivity contribution in [1.29, 1.82) is 0 Å². The topological polar surface area (TPSA) is 51.1 Å². The van der Waals surface area contributed by atoms with E-state index in [1.807, 2.05) is 6.07 Å². The van der Waals surface area contributed by atoms with Crippen LogP contribution in [-0.4, -0.2) is 59.0 Å². The largest absolute Gasteiger partial charge is 0.507 e. The molecule has 0 spiro atoms. The van der Waals surface area contributed by atoms with E-state index in [9.17, 15) is 5.11 Å². The van der Waals surface area contributed by atoms with Crippen molar-refractivity contribution in [1.82, 2.24) is 15.2 Å². The number of thiocarbonyl (C=S) groups is 1. The number of piperazine rings is 1. The Labute approximate surface area is 124 Å². The molecule has 1 fully saturated rings. The first kappa shape index (κ1) is 14.7. The number of phenolic OH excluding ortho intramolecular Hbond substituents is 1. The molecule has 6 heteroatoms. The lowest BCUT2D eigenvalue weighted by atomic mass is 10.2. The first-order chi connectivity index (χ1) is 9.70. The number of nitrogens with one attached hydrogen (secondary N) is 1. The summed E-state index contributed by atoms with van der Waals surface area (Å²) in [4.78, 5) is 4.51. The van der Waals surface area contributed by atoms with Gasteiger partial charge < -0.3 is 14.9 Å². The molecule has 0 radical (unpaired) electrons. The highest BCUT2D eigenvalue weighted by molar-refractivity contribution is 7.80. The Hall–Kier alpha value is -1.66. The van der Waals surface area contributed by atoms with Crippen LogP contribution in [0.1, 0.15) is 12.5 Å². The number of hydrogen-bond donors (Lipinski definition) is 2. The van der Waals surface area contributed by atoms with Crippen molar-refractivity contribution in [2.75, 3.05) is 32.7 Å². The predicted octanol–water partition coefficient (Wildman–Crippen LogP) is 1.24. The number of hydrazone groups is 1. The SMILES string of the molecule is CCN1CCN(C(=S)N/N=C/c2ccccc2O)CC1. The molecule has 108 valence electrons. The zero-order chi connectivity index (χ0) is 14.4. The monoisotopic (exact) mass is 292 g/mol. The van der Waals surface area contributed by atoms with Crippen molar-refractivity contribution in [3.05, 3.63) is 29.8 Å². The highest BCUT2D eigenvalue weighted by atomic mass is 32.1. The number of para-hydroxylation sites is 1. The normalized spacial score (nSPS) is 16.6. The Balaban J connectivity index is 1.82. The van der Waals surface area contributed by atoms with Gasteiger partial charge in [-0.15, -0.1) is 0 Å². The highest BCUT2D eigenvalue weighted by Crippen LogP contribution is 2.12. The van der Waals surface area contributed by atoms with E-state index in [0.29, 0.717) is 10.7 Å². The number of hydrogen-bond acceptors (Lipinski definition) is 4. The highest BCUT2D eigenvalue weighted by Gasteiger charge is 2.17. The Bertz CT molecular complexity index is 484. The van der Waals surface area contributed by atoms with Crippen molar-refractivity contribution in [2.45, 2.75) is 6.92 Å². The van der Waals surface area contributed by atoms with E-state index in [1.54, 1.807) is 24.4 Å². The molecule has 1 saturated heterocycles. The summed E-state index contributed by atoms with van der Waals surface area (Å²) in [5, 5.41) is 14.3. The van der Waals surface area contributed by atoms with Crippen LogP contribution in [0.3, 0.4) is 0 Å². The molecule has 1 aliphatic heterocycles. The third kappa shape index (κ3) is 3.91. The quantitative estimate of drug-likeness (QED) is 0.499. The van der Waals surface area contributed by atoms with E-state index >= 15 is 0 Å². The molecule has 1 aliphatic rings. The van der Waals surface area contributed by atoms with Gasteiger partial charge in [-0.1, -0.05) is 19.1 Å². The molecule has 0 aliphatic carbocycles. The number of phenols is 1. The molecule has 0 saturated carbocycles.